The Kier molecular flexibility index (Phi) is 6.84. The van der Waals surface area contributed by atoms with E-state index in [1.165, 1.54) is 0 Å². The summed E-state index contributed by atoms with van der Waals surface area (Å²) in [6, 6.07) is 0.138. The summed E-state index contributed by atoms with van der Waals surface area (Å²) in [4.78, 5) is 11.3. The summed E-state index contributed by atoms with van der Waals surface area (Å²) in [6.45, 7) is 9.77. The monoisotopic (exact) mass is 278 g/mol. The zero-order chi connectivity index (χ0) is 14.4. The number of carbonyl (C=O) groups is 1. The van der Waals surface area contributed by atoms with Crippen molar-refractivity contribution in [2.24, 2.45) is 0 Å². The molecule has 0 aromatic rings. The second-order valence-electron chi connectivity index (χ2n) is 5.65. The highest BCUT2D eigenvalue weighted by Crippen LogP contribution is 2.15. The molecule has 0 aromatic heterocycles. The van der Waals surface area contributed by atoms with Crippen molar-refractivity contribution in [1.29, 1.82) is 0 Å². The van der Waals surface area contributed by atoms with Crippen LogP contribution in [0.1, 0.15) is 41.0 Å². The molecule has 0 fully saturated rings. The summed E-state index contributed by atoms with van der Waals surface area (Å²) in [6.07, 6.45) is 0.369. The summed E-state index contributed by atoms with van der Waals surface area (Å²) in [5.74, 6) is 0.0821. The number of sulfone groups is 1. The number of amides is 1. The topological polar surface area (TPSA) is 75.3 Å². The van der Waals surface area contributed by atoms with Gasteiger partial charge in [0.2, 0.25) is 5.91 Å². The molecule has 0 radical (unpaired) electrons. The van der Waals surface area contributed by atoms with E-state index >= 15 is 0 Å². The highest BCUT2D eigenvalue weighted by atomic mass is 32.2. The van der Waals surface area contributed by atoms with Gasteiger partial charge in [-0.3, -0.25) is 4.79 Å². The third kappa shape index (κ3) is 6.96. The van der Waals surface area contributed by atoms with Gasteiger partial charge in [0.1, 0.15) is 0 Å². The summed E-state index contributed by atoms with van der Waals surface area (Å²) in [7, 11) is -3.08. The quantitative estimate of drug-likeness (QED) is 0.672. The molecule has 0 aromatic carbocycles. The van der Waals surface area contributed by atoms with Crippen LogP contribution in [-0.2, 0) is 14.6 Å². The fourth-order valence-electron chi connectivity index (χ4n) is 1.23. The number of nitrogens with one attached hydrogen (secondary N) is 2. The minimum atomic E-state index is -3.08. The highest BCUT2D eigenvalue weighted by molar-refractivity contribution is 7.92. The lowest BCUT2D eigenvalue weighted by molar-refractivity contribution is -0.121. The predicted molar refractivity (Wildman–Crippen MR) is 74.3 cm³/mol. The molecule has 0 heterocycles. The van der Waals surface area contributed by atoms with Gasteiger partial charge in [-0.25, -0.2) is 8.42 Å². The zero-order valence-electron chi connectivity index (χ0n) is 12.0. The first-order chi connectivity index (χ1) is 8.06. The van der Waals surface area contributed by atoms with Crippen molar-refractivity contribution in [2.75, 3.05) is 18.8 Å². The van der Waals surface area contributed by atoms with E-state index in [-0.39, 0.29) is 17.7 Å². The fourth-order valence-corrected chi connectivity index (χ4v) is 2.26. The molecule has 18 heavy (non-hydrogen) atoms. The zero-order valence-corrected chi connectivity index (χ0v) is 12.9. The van der Waals surface area contributed by atoms with Crippen molar-refractivity contribution < 1.29 is 13.2 Å². The van der Waals surface area contributed by atoms with Gasteiger partial charge in [0.05, 0.1) is 10.5 Å². The number of hydrogen-bond donors (Lipinski definition) is 2. The Morgan fingerprint density at radius 2 is 1.72 bits per heavy atom. The summed E-state index contributed by atoms with van der Waals surface area (Å²) < 4.78 is 22.8. The lowest BCUT2D eigenvalue weighted by atomic mass is 10.3. The molecular formula is C12H26N2O3S. The summed E-state index contributed by atoms with van der Waals surface area (Å²) >= 11 is 0. The largest absolute Gasteiger partial charge is 0.354 e. The van der Waals surface area contributed by atoms with Crippen LogP contribution in [0.25, 0.3) is 0 Å². The Hall–Kier alpha value is -0.620. The molecule has 0 spiro atoms. The average Bonchev–Trinajstić information content (AvgIpc) is 2.13. The minimum absolute atomic E-state index is 0.0174. The van der Waals surface area contributed by atoms with Gasteiger partial charge in [0.15, 0.2) is 9.84 Å². The number of hydrogen-bond acceptors (Lipinski definition) is 4. The summed E-state index contributed by atoms with van der Waals surface area (Å²) in [5.41, 5.74) is 0. The molecule has 0 saturated carbocycles. The van der Waals surface area contributed by atoms with E-state index in [0.29, 0.717) is 19.5 Å². The number of rotatable bonds is 7. The second-order valence-corrected chi connectivity index (χ2v) is 8.52. The van der Waals surface area contributed by atoms with Gasteiger partial charge < -0.3 is 10.6 Å². The van der Waals surface area contributed by atoms with Gasteiger partial charge in [0, 0.05) is 25.6 Å². The maximum absolute atomic E-state index is 11.8. The van der Waals surface area contributed by atoms with Crippen LogP contribution in [-0.4, -0.2) is 44.0 Å². The van der Waals surface area contributed by atoms with Crippen molar-refractivity contribution in [3.05, 3.63) is 0 Å². The van der Waals surface area contributed by atoms with Gasteiger partial charge in [0.25, 0.3) is 0 Å². The standard InChI is InChI=1S/C12H26N2O3S/c1-10(2)14-11(15)6-7-13-8-9-18(16,17)12(3,4)5/h10,13H,6-9H2,1-5H3,(H,14,15). The lowest BCUT2D eigenvalue weighted by Gasteiger charge is -2.19. The minimum Gasteiger partial charge on any atom is -0.354 e. The molecule has 2 N–H and O–H groups in total. The maximum atomic E-state index is 11.8. The van der Waals surface area contributed by atoms with Crippen LogP contribution in [0.5, 0.6) is 0 Å². The van der Waals surface area contributed by atoms with E-state index in [1.54, 1.807) is 20.8 Å². The van der Waals surface area contributed by atoms with Crippen LogP contribution in [0.15, 0.2) is 0 Å². The van der Waals surface area contributed by atoms with Gasteiger partial charge in [-0.2, -0.15) is 0 Å². The third-order valence-electron chi connectivity index (χ3n) is 2.46. The van der Waals surface area contributed by atoms with Gasteiger partial charge >= 0.3 is 0 Å². The first-order valence-corrected chi connectivity index (χ1v) is 7.94. The van der Waals surface area contributed by atoms with E-state index in [2.05, 4.69) is 10.6 Å². The molecular weight excluding hydrogens is 252 g/mol. The first kappa shape index (κ1) is 17.4. The molecule has 0 aliphatic heterocycles. The van der Waals surface area contributed by atoms with Crippen molar-refractivity contribution in [3.8, 4) is 0 Å². The van der Waals surface area contributed by atoms with Crippen molar-refractivity contribution in [2.45, 2.75) is 51.8 Å². The molecule has 0 rings (SSSR count). The lowest BCUT2D eigenvalue weighted by Crippen LogP contribution is -2.36. The molecule has 6 heteroatoms. The van der Waals surface area contributed by atoms with Crippen LogP contribution < -0.4 is 10.6 Å². The van der Waals surface area contributed by atoms with E-state index in [9.17, 15) is 13.2 Å². The molecule has 0 saturated heterocycles. The van der Waals surface area contributed by atoms with Crippen LogP contribution in [0.4, 0.5) is 0 Å². The first-order valence-electron chi connectivity index (χ1n) is 6.28. The summed E-state index contributed by atoms with van der Waals surface area (Å²) in [5, 5.41) is 5.75. The van der Waals surface area contributed by atoms with Crippen LogP contribution in [0, 0.1) is 0 Å². The SMILES string of the molecule is CC(C)NC(=O)CCNCCS(=O)(=O)C(C)(C)C. The molecule has 0 aliphatic carbocycles. The van der Waals surface area contributed by atoms with Gasteiger partial charge in [-0.1, -0.05) is 0 Å². The Morgan fingerprint density at radius 1 is 1.17 bits per heavy atom. The Bertz CT molecular complexity index is 356. The average molecular weight is 278 g/mol. The number of carbonyl (C=O) groups excluding carboxylic acids is 1. The maximum Gasteiger partial charge on any atom is 0.221 e. The van der Waals surface area contributed by atoms with E-state index in [0.717, 1.165) is 0 Å². The van der Waals surface area contributed by atoms with Crippen molar-refractivity contribution >= 4 is 15.7 Å². The van der Waals surface area contributed by atoms with E-state index in [4.69, 9.17) is 0 Å². The molecule has 5 nitrogen and oxygen atoms in total. The van der Waals surface area contributed by atoms with Crippen molar-refractivity contribution in [3.63, 3.8) is 0 Å². The fraction of sp³-hybridized carbons (Fsp3) is 0.917. The highest BCUT2D eigenvalue weighted by Gasteiger charge is 2.27. The van der Waals surface area contributed by atoms with Crippen molar-refractivity contribution in [1.82, 2.24) is 10.6 Å². The molecule has 1 amide bonds. The van der Waals surface area contributed by atoms with E-state index < -0.39 is 14.6 Å². The Morgan fingerprint density at radius 3 is 2.17 bits per heavy atom. The molecule has 0 unspecified atom stereocenters. The Balaban J connectivity index is 3.80. The van der Waals surface area contributed by atoms with Crippen LogP contribution >= 0.6 is 0 Å². The van der Waals surface area contributed by atoms with Crippen LogP contribution in [0.2, 0.25) is 0 Å². The molecule has 0 bridgehead atoms. The molecule has 108 valence electrons. The third-order valence-corrected chi connectivity index (χ3v) is 5.07. The van der Waals surface area contributed by atoms with Gasteiger partial charge in [-0.15, -0.1) is 0 Å². The molecule has 0 atom stereocenters. The van der Waals surface area contributed by atoms with E-state index in [1.807, 2.05) is 13.8 Å². The van der Waals surface area contributed by atoms with Crippen LogP contribution in [0.3, 0.4) is 0 Å². The Labute approximate surface area is 111 Å². The normalized spacial score (nSPS) is 12.8. The van der Waals surface area contributed by atoms with Gasteiger partial charge in [-0.05, 0) is 34.6 Å². The smallest absolute Gasteiger partial charge is 0.221 e. The predicted octanol–water partition coefficient (Wildman–Crippen LogP) is 0.704. The second kappa shape index (κ2) is 7.09. The molecule has 0 aliphatic rings.